The summed E-state index contributed by atoms with van der Waals surface area (Å²) in [4.78, 5) is 33.5. The highest BCUT2D eigenvalue weighted by atomic mass is 79.9. The van der Waals surface area contributed by atoms with E-state index in [1.165, 1.54) is 0 Å². The lowest BCUT2D eigenvalue weighted by molar-refractivity contribution is -0.137. The molecule has 114 valence electrons. The Balaban J connectivity index is 2.17. The van der Waals surface area contributed by atoms with Crippen molar-refractivity contribution in [2.75, 3.05) is 13.1 Å². The summed E-state index contributed by atoms with van der Waals surface area (Å²) >= 11 is 3.28. The predicted octanol–water partition coefficient (Wildman–Crippen LogP) is 1.55. The van der Waals surface area contributed by atoms with Gasteiger partial charge in [-0.1, -0.05) is 15.9 Å². The van der Waals surface area contributed by atoms with Crippen molar-refractivity contribution in [1.82, 2.24) is 10.6 Å². The third-order valence-electron chi connectivity index (χ3n) is 2.63. The number of halogens is 1. The molecule has 1 rings (SSSR count). The van der Waals surface area contributed by atoms with Gasteiger partial charge in [0.2, 0.25) is 5.91 Å². The van der Waals surface area contributed by atoms with E-state index in [-0.39, 0.29) is 31.2 Å². The van der Waals surface area contributed by atoms with Gasteiger partial charge in [0.25, 0.3) is 5.91 Å². The minimum absolute atomic E-state index is 0.0284. The van der Waals surface area contributed by atoms with Crippen molar-refractivity contribution < 1.29 is 19.5 Å². The molecule has 21 heavy (non-hydrogen) atoms. The summed E-state index contributed by atoms with van der Waals surface area (Å²) in [5.41, 5.74) is 0.528. The van der Waals surface area contributed by atoms with E-state index in [0.29, 0.717) is 18.5 Å². The van der Waals surface area contributed by atoms with E-state index in [1.807, 2.05) is 0 Å². The van der Waals surface area contributed by atoms with Gasteiger partial charge in [0.1, 0.15) is 0 Å². The molecular formula is C14H17BrN2O4. The second kappa shape index (κ2) is 9.12. The van der Waals surface area contributed by atoms with Crippen LogP contribution in [0.15, 0.2) is 28.7 Å². The van der Waals surface area contributed by atoms with Gasteiger partial charge in [0.05, 0.1) is 0 Å². The summed E-state index contributed by atoms with van der Waals surface area (Å²) in [5.74, 6) is -1.33. The number of carbonyl (C=O) groups excluding carboxylic acids is 2. The normalized spacial score (nSPS) is 9.95. The summed E-state index contributed by atoms with van der Waals surface area (Å²) in [7, 11) is 0. The first kappa shape index (κ1) is 17.2. The average Bonchev–Trinajstić information content (AvgIpc) is 2.44. The molecular weight excluding hydrogens is 340 g/mol. The molecule has 6 nitrogen and oxygen atoms in total. The molecule has 1 aromatic rings. The zero-order valence-corrected chi connectivity index (χ0v) is 13.0. The molecule has 0 atom stereocenters. The van der Waals surface area contributed by atoms with Gasteiger partial charge in [-0.3, -0.25) is 14.4 Å². The molecule has 0 fully saturated rings. The smallest absolute Gasteiger partial charge is 0.303 e. The molecule has 0 spiro atoms. The van der Waals surface area contributed by atoms with E-state index >= 15 is 0 Å². The molecule has 3 N–H and O–H groups in total. The number of nitrogens with one attached hydrogen (secondary N) is 2. The molecule has 0 heterocycles. The van der Waals surface area contributed by atoms with Crippen molar-refractivity contribution >= 4 is 33.7 Å². The van der Waals surface area contributed by atoms with Crippen LogP contribution in [0.1, 0.15) is 29.6 Å². The second-order valence-electron chi connectivity index (χ2n) is 4.36. The summed E-state index contributed by atoms with van der Waals surface area (Å²) in [6.07, 6.45) is 0.586. The molecule has 2 amide bonds. The molecule has 0 radical (unpaired) electrons. The highest BCUT2D eigenvalue weighted by Gasteiger charge is 2.06. The molecule has 0 saturated heterocycles. The summed E-state index contributed by atoms with van der Waals surface area (Å²) in [5, 5.41) is 13.7. The lowest BCUT2D eigenvalue weighted by Crippen LogP contribution is -2.31. The van der Waals surface area contributed by atoms with Crippen molar-refractivity contribution in [2.24, 2.45) is 0 Å². The number of carbonyl (C=O) groups is 3. The molecule has 0 saturated carbocycles. The van der Waals surface area contributed by atoms with E-state index < -0.39 is 5.97 Å². The Bertz CT molecular complexity index is 502. The first-order valence-electron chi connectivity index (χ1n) is 6.51. The number of carboxylic acid groups (broad SMARTS) is 1. The Morgan fingerprint density at radius 2 is 1.67 bits per heavy atom. The lowest BCUT2D eigenvalue weighted by atomic mass is 10.2. The maximum Gasteiger partial charge on any atom is 0.303 e. The number of hydrogen-bond donors (Lipinski definition) is 3. The van der Waals surface area contributed by atoms with Gasteiger partial charge in [-0.05, 0) is 30.7 Å². The number of amides is 2. The second-order valence-corrected chi connectivity index (χ2v) is 5.28. The van der Waals surface area contributed by atoms with Crippen LogP contribution >= 0.6 is 15.9 Å². The van der Waals surface area contributed by atoms with Crippen LogP contribution in [0.5, 0.6) is 0 Å². The summed E-state index contributed by atoms with van der Waals surface area (Å²) in [6, 6.07) is 6.91. The Morgan fingerprint density at radius 3 is 2.29 bits per heavy atom. The first-order chi connectivity index (χ1) is 9.99. The van der Waals surface area contributed by atoms with E-state index in [4.69, 9.17) is 5.11 Å². The molecule has 0 aliphatic rings. The van der Waals surface area contributed by atoms with E-state index in [2.05, 4.69) is 26.6 Å². The molecule has 0 aliphatic carbocycles. The number of carboxylic acids is 1. The maximum atomic E-state index is 11.7. The van der Waals surface area contributed by atoms with Crippen LogP contribution < -0.4 is 10.6 Å². The highest BCUT2D eigenvalue weighted by Crippen LogP contribution is 2.10. The van der Waals surface area contributed by atoms with Gasteiger partial charge in [-0.25, -0.2) is 0 Å². The Labute approximate surface area is 131 Å². The fourth-order valence-corrected chi connectivity index (χ4v) is 1.81. The number of aliphatic carboxylic acids is 1. The molecule has 0 bridgehead atoms. The molecule has 0 aliphatic heterocycles. The minimum atomic E-state index is -0.883. The van der Waals surface area contributed by atoms with Gasteiger partial charge in [0.15, 0.2) is 0 Å². The molecule has 0 aromatic heterocycles. The van der Waals surface area contributed by atoms with Gasteiger partial charge in [-0.2, -0.15) is 0 Å². The average molecular weight is 357 g/mol. The van der Waals surface area contributed by atoms with Crippen molar-refractivity contribution in [3.05, 3.63) is 34.3 Å². The number of rotatable bonds is 8. The molecule has 7 heteroatoms. The predicted molar refractivity (Wildman–Crippen MR) is 81.0 cm³/mol. The first-order valence-corrected chi connectivity index (χ1v) is 7.30. The fourth-order valence-electron chi connectivity index (χ4n) is 1.55. The van der Waals surface area contributed by atoms with Crippen LogP contribution in [-0.4, -0.2) is 36.0 Å². The lowest BCUT2D eigenvalue weighted by Gasteiger charge is -2.06. The van der Waals surface area contributed by atoms with Crippen molar-refractivity contribution in [3.8, 4) is 0 Å². The van der Waals surface area contributed by atoms with Crippen molar-refractivity contribution in [3.63, 3.8) is 0 Å². The zero-order chi connectivity index (χ0) is 15.7. The van der Waals surface area contributed by atoms with Crippen molar-refractivity contribution in [2.45, 2.75) is 19.3 Å². The zero-order valence-electron chi connectivity index (χ0n) is 11.4. The maximum absolute atomic E-state index is 11.7. The molecule has 1 aromatic carbocycles. The Hall–Kier alpha value is -1.89. The number of benzene rings is 1. The van der Waals surface area contributed by atoms with Gasteiger partial charge in [-0.15, -0.1) is 0 Å². The topological polar surface area (TPSA) is 95.5 Å². The van der Waals surface area contributed by atoms with Crippen molar-refractivity contribution in [1.29, 1.82) is 0 Å². The number of hydrogen-bond acceptors (Lipinski definition) is 3. The van der Waals surface area contributed by atoms with E-state index in [1.54, 1.807) is 24.3 Å². The van der Waals surface area contributed by atoms with E-state index in [9.17, 15) is 14.4 Å². The fraction of sp³-hybridized carbons (Fsp3) is 0.357. The Kier molecular flexibility index (Phi) is 7.45. The molecule has 0 unspecified atom stereocenters. The summed E-state index contributed by atoms with van der Waals surface area (Å²) in [6.45, 7) is 0.561. The SMILES string of the molecule is O=C(O)CCCNC(=O)CCNC(=O)c1ccc(Br)cc1. The standard InChI is InChI=1S/C14H17BrN2O4/c15-11-5-3-10(4-6-11)14(21)17-9-7-12(18)16-8-1-2-13(19)20/h3-6H,1-2,7-9H2,(H,16,18)(H,17,21)(H,19,20). The van der Waals surface area contributed by atoms with Gasteiger partial charge >= 0.3 is 5.97 Å². The van der Waals surface area contributed by atoms with Crippen LogP contribution in [0.2, 0.25) is 0 Å². The van der Waals surface area contributed by atoms with Crippen LogP contribution in [0.3, 0.4) is 0 Å². The van der Waals surface area contributed by atoms with E-state index in [0.717, 1.165) is 4.47 Å². The third-order valence-corrected chi connectivity index (χ3v) is 3.16. The quantitative estimate of drug-likeness (QED) is 0.615. The van der Waals surface area contributed by atoms with Crippen LogP contribution in [0, 0.1) is 0 Å². The summed E-state index contributed by atoms with van der Waals surface area (Å²) < 4.78 is 0.889. The van der Waals surface area contributed by atoms with Gasteiger partial charge < -0.3 is 15.7 Å². The van der Waals surface area contributed by atoms with Crippen LogP contribution in [0.25, 0.3) is 0 Å². The minimum Gasteiger partial charge on any atom is -0.481 e. The largest absolute Gasteiger partial charge is 0.481 e. The van der Waals surface area contributed by atoms with Crippen LogP contribution in [0.4, 0.5) is 0 Å². The third kappa shape index (κ3) is 7.45. The highest BCUT2D eigenvalue weighted by molar-refractivity contribution is 9.10. The van der Waals surface area contributed by atoms with Crippen LogP contribution in [-0.2, 0) is 9.59 Å². The van der Waals surface area contributed by atoms with Gasteiger partial charge in [0, 0.05) is 36.0 Å². The Morgan fingerprint density at radius 1 is 1.00 bits per heavy atom. The monoisotopic (exact) mass is 356 g/mol.